The molecule has 310 valence electrons. The Hall–Kier alpha value is -1.06. The molecule has 0 bridgehead atoms. The van der Waals surface area contributed by atoms with Gasteiger partial charge in [-0.05, 0) is 208 Å². The zero-order valence-corrected chi connectivity index (χ0v) is 37.2. The average Bonchev–Trinajstić information content (AvgIpc) is 3.14. The van der Waals surface area contributed by atoms with E-state index < -0.39 is 0 Å². The van der Waals surface area contributed by atoms with E-state index >= 15 is 0 Å². The molecule has 0 saturated heterocycles. The molecule has 0 heterocycles. The van der Waals surface area contributed by atoms with E-state index in [-0.39, 0.29) is 23.8 Å². The van der Waals surface area contributed by atoms with Crippen molar-refractivity contribution in [3.05, 3.63) is 0 Å². The quantitative estimate of drug-likeness (QED) is 0.243. The van der Waals surface area contributed by atoms with Crippen molar-refractivity contribution in [2.75, 3.05) is 14.2 Å². The predicted octanol–water partition coefficient (Wildman–Crippen LogP) is 12.6. The molecule has 0 aromatic carbocycles. The lowest BCUT2D eigenvalue weighted by molar-refractivity contribution is -0.149. The molecule has 0 radical (unpaired) electrons. The summed E-state index contributed by atoms with van der Waals surface area (Å²) in [5, 5.41) is 0. The summed E-state index contributed by atoms with van der Waals surface area (Å²) in [6, 6.07) is 0. The van der Waals surface area contributed by atoms with Crippen LogP contribution >= 0.6 is 0 Å². The van der Waals surface area contributed by atoms with Gasteiger partial charge in [-0.1, -0.05) is 69.2 Å². The molecule has 6 saturated carbocycles. The van der Waals surface area contributed by atoms with Gasteiger partial charge in [0.1, 0.15) is 0 Å². The van der Waals surface area contributed by atoms with Crippen LogP contribution < -0.4 is 0 Å². The highest BCUT2D eigenvalue weighted by Crippen LogP contribution is 2.58. The van der Waals surface area contributed by atoms with E-state index in [2.05, 4.69) is 69.2 Å². The first-order chi connectivity index (χ1) is 25.6. The van der Waals surface area contributed by atoms with Crippen LogP contribution in [-0.2, 0) is 19.1 Å². The maximum atomic E-state index is 12.3. The van der Waals surface area contributed by atoms with Gasteiger partial charge in [0.2, 0.25) is 0 Å². The van der Waals surface area contributed by atoms with Crippen LogP contribution in [0.5, 0.6) is 0 Å². The Kier molecular flexibility index (Phi) is 14.0. The molecular weight excluding hydrogens is 665 g/mol. The molecule has 4 heteroatoms. The first-order valence-electron chi connectivity index (χ1n) is 23.8. The Balaban J connectivity index is 1.02. The van der Waals surface area contributed by atoms with E-state index in [1.807, 2.05) is 0 Å². The van der Waals surface area contributed by atoms with E-state index in [9.17, 15) is 9.59 Å². The second kappa shape index (κ2) is 17.8. The molecule has 4 nitrogen and oxygen atoms in total. The zero-order valence-electron chi connectivity index (χ0n) is 37.2. The van der Waals surface area contributed by atoms with Gasteiger partial charge in [0.25, 0.3) is 0 Å². The molecule has 22 unspecified atom stereocenters. The minimum absolute atomic E-state index is 0.0196. The summed E-state index contributed by atoms with van der Waals surface area (Å²) < 4.78 is 10.3. The predicted molar refractivity (Wildman–Crippen MR) is 222 cm³/mol. The molecule has 0 N–H and O–H groups in total. The summed E-state index contributed by atoms with van der Waals surface area (Å²) in [6.07, 6.45) is 18.0. The molecule has 0 aliphatic heterocycles. The number of hydrogen-bond donors (Lipinski definition) is 0. The number of rotatable bonds is 7. The van der Waals surface area contributed by atoms with E-state index in [1.54, 1.807) is 14.2 Å². The van der Waals surface area contributed by atoms with E-state index in [4.69, 9.17) is 9.47 Å². The van der Waals surface area contributed by atoms with Gasteiger partial charge in [0.05, 0.1) is 26.1 Å². The molecular formula is C50H86O4. The van der Waals surface area contributed by atoms with Crippen LogP contribution in [0.2, 0.25) is 0 Å². The number of ether oxygens (including phenoxy) is 2. The number of carbonyl (C=O) groups is 2. The first kappa shape index (κ1) is 42.5. The van der Waals surface area contributed by atoms with Crippen LogP contribution in [0.1, 0.15) is 159 Å². The molecule has 0 amide bonds. The second-order valence-electron chi connectivity index (χ2n) is 22.4. The Bertz CT molecular complexity index is 1150. The van der Waals surface area contributed by atoms with Gasteiger partial charge in [0.15, 0.2) is 0 Å². The molecule has 0 aromatic heterocycles. The standard InChI is InChI=1S/C50H86O4/c1-27-17-37(49(51)53-11)13-15-39(27)41-19-31(5)43(21-29(41)3)45-23-35(9)47(25-33(45)7)48-26-34(8)46(24-36(48)10)44-22-30(4)42(20-32(44)6)40-16-14-38(18-28(40)2)50(52)54-12/h27-48H,13-26H2,1-12H3. The van der Waals surface area contributed by atoms with Crippen LogP contribution in [0.15, 0.2) is 0 Å². The lowest BCUT2D eigenvalue weighted by Crippen LogP contribution is -2.47. The highest BCUT2D eigenvalue weighted by molar-refractivity contribution is 5.72. The van der Waals surface area contributed by atoms with Crippen molar-refractivity contribution in [2.45, 2.75) is 159 Å². The normalized spacial score (nSPS) is 51.9. The number of esters is 2. The van der Waals surface area contributed by atoms with Crippen molar-refractivity contribution in [1.82, 2.24) is 0 Å². The molecule has 6 rings (SSSR count). The smallest absolute Gasteiger partial charge is 0.308 e. The highest BCUT2D eigenvalue weighted by atomic mass is 16.5. The van der Waals surface area contributed by atoms with Gasteiger partial charge < -0.3 is 9.47 Å². The van der Waals surface area contributed by atoms with E-state index in [0.717, 1.165) is 132 Å². The molecule has 54 heavy (non-hydrogen) atoms. The Morgan fingerprint density at radius 2 is 0.481 bits per heavy atom. The van der Waals surface area contributed by atoms with Gasteiger partial charge in [-0.2, -0.15) is 0 Å². The minimum Gasteiger partial charge on any atom is -0.469 e. The van der Waals surface area contributed by atoms with Crippen molar-refractivity contribution >= 4 is 11.9 Å². The van der Waals surface area contributed by atoms with Crippen LogP contribution in [-0.4, -0.2) is 26.2 Å². The van der Waals surface area contributed by atoms with Gasteiger partial charge in [-0.15, -0.1) is 0 Å². The fourth-order valence-corrected chi connectivity index (χ4v) is 16.3. The SMILES string of the molecule is COC(=O)C1CCC(C2CC(C)C(C3CC(C)C(C4CC(C)C(C5CC(C)C(C6CCC(C(=O)OC)CC6C)CC5C)CC4C)CC3C)CC2C)C(C)C1. The number of hydrogen-bond acceptors (Lipinski definition) is 4. The van der Waals surface area contributed by atoms with Crippen molar-refractivity contribution in [1.29, 1.82) is 0 Å². The third-order valence-corrected chi connectivity index (χ3v) is 19.3. The number of carbonyl (C=O) groups excluding carboxylic acids is 2. The van der Waals surface area contributed by atoms with E-state index in [0.29, 0.717) is 11.8 Å². The van der Waals surface area contributed by atoms with Crippen molar-refractivity contribution < 1.29 is 19.1 Å². The molecule has 0 aromatic rings. The average molecular weight is 751 g/mol. The Morgan fingerprint density at radius 1 is 0.296 bits per heavy atom. The summed E-state index contributed by atoms with van der Waals surface area (Å²) >= 11 is 0. The third-order valence-electron chi connectivity index (χ3n) is 19.3. The maximum absolute atomic E-state index is 12.3. The fraction of sp³-hybridized carbons (Fsp3) is 0.960. The lowest BCUT2D eigenvalue weighted by atomic mass is 9.51. The highest BCUT2D eigenvalue weighted by Gasteiger charge is 2.50. The van der Waals surface area contributed by atoms with Gasteiger partial charge >= 0.3 is 11.9 Å². The third kappa shape index (κ3) is 8.69. The maximum Gasteiger partial charge on any atom is 0.308 e. The monoisotopic (exact) mass is 751 g/mol. The molecule has 22 atom stereocenters. The van der Waals surface area contributed by atoms with Gasteiger partial charge in [0, 0.05) is 0 Å². The van der Waals surface area contributed by atoms with Crippen LogP contribution in [0.25, 0.3) is 0 Å². The molecule has 0 spiro atoms. The molecule has 6 aliphatic carbocycles. The fourth-order valence-electron chi connectivity index (χ4n) is 16.3. The Morgan fingerprint density at radius 3 is 0.667 bits per heavy atom. The molecule has 6 aliphatic rings. The summed E-state index contributed by atoms with van der Waals surface area (Å²) in [7, 11) is 3.12. The zero-order chi connectivity index (χ0) is 39.2. The lowest BCUT2D eigenvalue weighted by Gasteiger charge is -2.54. The Labute approximate surface area is 333 Å². The first-order valence-corrected chi connectivity index (χ1v) is 23.8. The number of methoxy groups -OCH3 is 2. The summed E-state index contributed by atoms with van der Waals surface area (Å²) in [4.78, 5) is 24.6. The van der Waals surface area contributed by atoms with E-state index in [1.165, 1.54) is 64.2 Å². The minimum atomic E-state index is 0.0196. The van der Waals surface area contributed by atoms with Crippen LogP contribution in [0.3, 0.4) is 0 Å². The van der Waals surface area contributed by atoms with Gasteiger partial charge in [-0.3, -0.25) is 9.59 Å². The van der Waals surface area contributed by atoms with Crippen molar-refractivity contribution in [3.63, 3.8) is 0 Å². The van der Waals surface area contributed by atoms with Crippen LogP contribution in [0, 0.1) is 130 Å². The summed E-state index contributed by atoms with van der Waals surface area (Å²) in [5.41, 5.74) is 0. The topological polar surface area (TPSA) is 52.6 Å². The van der Waals surface area contributed by atoms with Gasteiger partial charge in [-0.25, -0.2) is 0 Å². The molecule has 6 fully saturated rings. The van der Waals surface area contributed by atoms with Crippen molar-refractivity contribution in [3.8, 4) is 0 Å². The summed E-state index contributed by atoms with van der Waals surface area (Å²) in [5.74, 6) is 16.7. The summed E-state index contributed by atoms with van der Waals surface area (Å²) in [6.45, 7) is 25.9. The second-order valence-corrected chi connectivity index (χ2v) is 22.4. The largest absolute Gasteiger partial charge is 0.469 e. The van der Waals surface area contributed by atoms with Crippen molar-refractivity contribution in [2.24, 2.45) is 130 Å². The van der Waals surface area contributed by atoms with Crippen LogP contribution in [0.4, 0.5) is 0 Å².